The minimum absolute atomic E-state index is 0.122. The van der Waals surface area contributed by atoms with Crippen molar-refractivity contribution in [3.8, 4) is 0 Å². The van der Waals surface area contributed by atoms with Gasteiger partial charge in [0.05, 0.1) is 0 Å². The summed E-state index contributed by atoms with van der Waals surface area (Å²) in [4.78, 5) is 11.6. The Morgan fingerprint density at radius 2 is 1.54 bits per heavy atom. The van der Waals surface area contributed by atoms with Crippen molar-refractivity contribution in [2.75, 3.05) is 11.5 Å². The lowest BCUT2D eigenvalue weighted by atomic mass is 10.2. The molecule has 2 heterocycles. The Kier molecular flexibility index (Phi) is 2.24. The van der Waals surface area contributed by atoms with E-state index in [9.17, 15) is 4.79 Å². The van der Waals surface area contributed by atoms with Crippen LogP contribution in [0.3, 0.4) is 0 Å². The lowest BCUT2D eigenvalue weighted by molar-refractivity contribution is 0.746. The van der Waals surface area contributed by atoms with Crippen molar-refractivity contribution >= 4 is 11.8 Å². The zero-order valence-electron chi connectivity index (χ0n) is 8.04. The first-order chi connectivity index (χ1) is 6.22. The van der Waals surface area contributed by atoms with Gasteiger partial charge in [-0.2, -0.15) is 11.8 Å². The Bertz CT molecular complexity index is 345. The van der Waals surface area contributed by atoms with Gasteiger partial charge in [-0.1, -0.05) is 0 Å². The molecule has 1 aromatic heterocycles. The van der Waals surface area contributed by atoms with Crippen molar-refractivity contribution in [1.82, 2.24) is 9.13 Å². The Morgan fingerprint density at radius 3 is 2.00 bits per heavy atom. The van der Waals surface area contributed by atoms with Crippen LogP contribution in [0.2, 0.25) is 0 Å². The smallest absolute Gasteiger partial charge is 0.299 e. The second kappa shape index (κ2) is 3.25. The van der Waals surface area contributed by atoms with Crippen LogP contribution in [0.4, 0.5) is 0 Å². The third-order valence-corrected chi connectivity index (χ3v) is 3.67. The van der Waals surface area contributed by atoms with Crippen LogP contribution >= 0.6 is 11.8 Å². The largest absolute Gasteiger partial charge is 0.328 e. The van der Waals surface area contributed by atoms with Gasteiger partial charge in [-0.25, -0.2) is 4.79 Å². The third-order valence-electron chi connectivity index (χ3n) is 2.68. The van der Waals surface area contributed by atoms with Gasteiger partial charge in [0.15, 0.2) is 0 Å². The van der Waals surface area contributed by atoms with E-state index in [1.807, 2.05) is 25.9 Å². The molecule has 0 fully saturated rings. The first-order valence-electron chi connectivity index (χ1n) is 4.53. The topological polar surface area (TPSA) is 26.9 Å². The minimum Gasteiger partial charge on any atom is -0.299 e. The highest BCUT2D eigenvalue weighted by Crippen LogP contribution is 2.17. The van der Waals surface area contributed by atoms with Crippen molar-refractivity contribution in [2.45, 2.75) is 12.8 Å². The van der Waals surface area contributed by atoms with E-state index in [1.54, 1.807) is 9.13 Å². The Hall–Kier alpha value is -0.640. The number of rotatable bonds is 0. The van der Waals surface area contributed by atoms with Crippen molar-refractivity contribution in [3.05, 3.63) is 21.9 Å². The number of hydrogen-bond acceptors (Lipinski definition) is 2. The Balaban J connectivity index is 2.59. The van der Waals surface area contributed by atoms with E-state index in [0.717, 1.165) is 24.3 Å². The first-order valence-corrected chi connectivity index (χ1v) is 5.68. The molecule has 0 radical (unpaired) electrons. The quantitative estimate of drug-likeness (QED) is 0.609. The molecule has 0 bridgehead atoms. The Labute approximate surface area is 81.7 Å². The predicted molar refractivity (Wildman–Crippen MR) is 55.4 cm³/mol. The van der Waals surface area contributed by atoms with Gasteiger partial charge in [-0.15, -0.1) is 0 Å². The van der Waals surface area contributed by atoms with E-state index < -0.39 is 0 Å². The fraction of sp³-hybridized carbons (Fsp3) is 0.667. The lowest BCUT2D eigenvalue weighted by Gasteiger charge is -2.00. The van der Waals surface area contributed by atoms with Gasteiger partial charge >= 0.3 is 5.69 Å². The van der Waals surface area contributed by atoms with Gasteiger partial charge in [0.2, 0.25) is 0 Å². The van der Waals surface area contributed by atoms with Crippen molar-refractivity contribution in [3.63, 3.8) is 0 Å². The standard InChI is InChI=1S/C9H14N2OS/c1-10-7-3-5-13-6-4-8(7)11(2)9(10)12/h3-6H2,1-2H3. The van der Waals surface area contributed by atoms with E-state index in [2.05, 4.69) is 0 Å². The monoisotopic (exact) mass is 198 g/mol. The fourth-order valence-electron chi connectivity index (χ4n) is 1.91. The molecule has 4 heteroatoms. The molecule has 13 heavy (non-hydrogen) atoms. The van der Waals surface area contributed by atoms with Crippen LogP contribution < -0.4 is 5.69 Å². The fourth-order valence-corrected chi connectivity index (χ4v) is 2.79. The highest BCUT2D eigenvalue weighted by Gasteiger charge is 2.16. The van der Waals surface area contributed by atoms with Crippen LogP contribution in [0.25, 0.3) is 0 Å². The molecule has 0 atom stereocenters. The number of thioether (sulfide) groups is 1. The summed E-state index contributed by atoms with van der Waals surface area (Å²) in [6.07, 6.45) is 2.07. The maximum Gasteiger partial charge on any atom is 0.328 e. The number of aromatic nitrogens is 2. The molecule has 1 aliphatic rings. The molecule has 3 nitrogen and oxygen atoms in total. The zero-order valence-corrected chi connectivity index (χ0v) is 8.86. The maximum atomic E-state index is 11.6. The van der Waals surface area contributed by atoms with E-state index in [1.165, 1.54) is 11.4 Å². The summed E-state index contributed by atoms with van der Waals surface area (Å²) in [7, 11) is 3.74. The van der Waals surface area contributed by atoms with E-state index >= 15 is 0 Å². The summed E-state index contributed by atoms with van der Waals surface area (Å²) in [5.41, 5.74) is 2.59. The van der Waals surface area contributed by atoms with Crippen molar-refractivity contribution in [1.29, 1.82) is 0 Å². The molecule has 0 saturated heterocycles. The molecule has 1 aromatic rings. The highest BCUT2D eigenvalue weighted by molar-refractivity contribution is 7.99. The molecule has 0 spiro atoms. The third kappa shape index (κ3) is 1.33. The first kappa shape index (κ1) is 8.94. The molecular weight excluding hydrogens is 184 g/mol. The second-order valence-corrected chi connectivity index (χ2v) is 4.63. The van der Waals surface area contributed by atoms with E-state index in [-0.39, 0.29) is 5.69 Å². The molecule has 0 aliphatic carbocycles. The van der Waals surface area contributed by atoms with Gasteiger partial charge in [0.1, 0.15) is 0 Å². The molecule has 2 rings (SSSR count). The molecule has 0 aromatic carbocycles. The van der Waals surface area contributed by atoms with Crippen LogP contribution in [-0.2, 0) is 26.9 Å². The average molecular weight is 198 g/mol. The number of hydrogen-bond donors (Lipinski definition) is 0. The number of fused-ring (bicyclic) bond motifs is 1. The molecule has 0 amide bonds. The summed E-state index contributed by atoms with van der Waals surface area (Å²) in [5.74, 6) is 2.29. The van der Waals surface area contributed by atoms with Crippen LogP contribution in [0.15, 0.2) is 4.79 Å². The number of nitrogens with zero attached hydrogens (tertiary/aromatic N) is 2. The zero-order chi connectivity index (χ0) is 9.42. The molecule has 0 saturated carbocycles. The SMILES string of the molecule is Cn1c2c(n(C)c1=O)CCSCC2. The summed E-state index contributed by atoms with van der Waals surface area (Å²) in [6.45, 7) is 0. The van der Waals surface area contributed by atoms with Crippen molar-refractivity contribution < 1.29 is 0 Å². The van der Waals surface area contributed by atoms with Gasteiger partial charge < -0.3 is 0 Å². The van der Waals surface area contributed by atoms with Gasteiger partial charge in [-0.05, 0) is 24.3 Å². The predicted octanol–water partition coefficient (Wildman–Crippen LogP) is 0.556. The van der Waals surface area contributed by atoms with Gasteiger partial charge in [0.25, 0.3) is 0 Å². The van der Waals surface area contributed by atoms with Crippen LogP contribution in [0, 0.1) is 0 Å². The van der Waals surface area contributed by atoms with Crippen molar-refractivity contribution in [2.24, 2.45) is 14.1 Å². The summed E-state index contributed by atoms with van der Waals surface area (Å²) >= 11 is 1.97. The summed E-state index contributed by atoms with van der Waals surface area (Å²) in [5, 5.41) is 0. The highest BCUT2D eigenvalue weighted by atomic mass is 32.2. The Morgan fingerprint density at radius 1 is 1.08 bits per heavy atom. The maximum absolute atomic E-state index is 11.6. The van der Waals surface area contributed by atoms with E-state index in [4.69, 9.17) is 0 Å². The molecule has 1 aliphatic heterocycles. The van der Waals surface area contributed by atoms with Gasteiger partial charge in [-0.3, -0.25) is 9.13 Å². The second-order valence-electron chi connectivity index (χ2n) is 3.41. The van der Waals surface area contributed by atoms with Crippen LogP contribution in [0.1, 0.15) is 11.4 Å². The minimum atomic E-state index is 0.122. The summed E-state index contributed by atoms with van der Waals surface area (Å²) in [6, 6.07) is 0. The molecule has 0 unspecified atom stereocenters. The summed E-state index contributed by atoms with van der Waals surface area (Å²) < 4.78 is 3.59. The normalized spacial score (nSPS) is 16.8. The van der Waals surface area contributed by atoms with E-state index in [0.29, 0.717) is 0 Å². The average Bonchev–Trinajstić information content (AvgIpc) is 2.40. The van der Waals surface area contributed by atoms with Crippen LogP contribution in [-0.4, -0.2) is 20.6 Å². The molecule has 0 N–H and O–H groups in total. The van der Waals surface area contributed by atoms with Gasteiger partial charge in [0, 0.05) is 25.5 Å². The van der Waals surface area contributed by atoms with Crippen LogP contribution in [0.5, 0.6) is 0 Å². The molecular formula is C9H14N2OS. The number of imidazole rings is 1. The lowest BCUT2D eigenvalue weighted by Crippen LogP contribution is -2.21. The molecule has 72 valence electrons.